The van der Waals surface area contributed by atoms with Crippen LogP contribution >= 0.6 is 11.3 Å². The molecule has 2 heterocycles. The van der Waals surface area contributed by atoms with Gasteiger partial charge in [0.1, 0.15) is 0 Å². The quantitative estimate of drug-likeness (QED) is 0.119. The van der Waals surface area contributed by atoms with Crippen LogP contribution in [0.15, 0.2) is 197 Å². The molecule has 0 N–H and O–H groups in total. The van der Waals surface area contributed by atoms with Crippen molar-refractivity contribution in [2.45, 2.75) is 25.8 Å². The Balaban J connectivity index is 1.14. The van der Waals surface area contributed by atoms with Crippen LogP contribution in [-0.2, 0) is 12.0 Å². The lowest BCUT2D eigenvalue weighted by Crippen LogP contribution is -2.14. The van der Waals surface area contributed by atoms with Crippen molar-refractivity contribution in [3.05, 3.63) is 210 Å². The summed E-state index contributed by atoms with van der Waals surface area (Å²) in [7, 11) is 0. The maximum absolute atomic E-state index is 5.13. The Labute approximate surface area is 353 Å². The van der Waals surface area contributed by atoms with Crippen LogP contribution in [0.25, 0.3) is 69.9 Å². The smallest absolute Gasteiger partial charge is 0.161 e. The Morgan fingerprint density at radius 1 is 0.550 bits per heavy atom. The van der Waals surface area contributed by atoms with Crippen molar-refractivity contribution in [1.82, 2.24) is 4.57 Å². The van der Waals surface area contributed by atoms with Gasteiger partial charge in [-0.15, -0.1) is 11.3 Å². The summed E-state index contributed by atoms with van der Waals surface area (Å²) in [6.45, 7) is 9.11. The summed E-state index contributed by atoms with van der Waals surface area (Å²) >= 11 is 1.85. The molecule has 0 spiro atoms. The number of hydrogen-bond donors (Lipinski definition) is 0. The second-order valence-corrected chi connectivity index (χ2v) is 17.1. The summed E-state index contributed by atoms with van der Waals surface area (Å²) in [6, 6.07) is 65.2. The lowest BCUT2D eigenvalue weighted by molar-refractivity contribution is 0.661. The molecule has 4 nitrogen and oxygen atoms in total. The number of rotatable bonds is 6. The molecule has 1 aliphatic rings. The van der Waals surface area contributed by atoms with E-state index < -0.39 is 0 Å². The number of aromatic nitrogens is 1. The molecule has 0 aliphatic heterocycles. The fraction of sp³-hybridized carbons (Fsp3) is 0.0727. The van der Waals surface area contributed by atoms with E-state index in [1.807, 2.05) is 59.9 Å². The van der Waals surface area contributed by atoms with E-state index in [1.54, 1.807) is 0 Å². The molecule has 2 aromatic heterocycles. The largest absolute Gasteiger partial charge is 0.309 e. The third kappa shape index (κ3) is 5.84. The van der Waals surface area contributed by atoms with Crippen LogP contribution < -0.4 is 0 Å². The molecule has 8 aromatic carbocycles. The van der Waals surface area contributed by atoms with E-state index >= 15 is 0 Å². The highest BCUT2D eigenvalue weighted by molar-refractivity contribution is 7.26. The van der Waals surface area contributed by atoms with Gasteiger partial charge in [0, 0.05) is 58.7 Å². The van der Waals surface area contributed by atoms with Crippen molar-refractivity contribution in [2.75, 3.05) is 0 Å². The van der Waals surface area contributed by atoms with Gasteiger partial charge in [-0.2, -0.15) is 0 Å². The van der Waals surface area contributed by atoms with Gasteiger partial charge in [-0.3, -0.25) is 4.99 Å². The monoisotopic (exact) mass is 788 g/mol. The number of amidine groups is 2. The highest BCUT2D eigenvalue weighted by Gasteiger charge is 2.36. The minimum Gasteiger partial charge on any atom is -0.309 e. The number of fused-ring (bicyclic) bond motifs is 9. The van der Waals surface area contributed by atoms with Gasteiger partial charge in [-0.1, -0.05) is 153 Å². The first kappa shape index (κ1) is 35.9. The number of para-hydroxylation sites is 1. The Hall–Kier alpha value is -7.21. The predicted octanol–water partition coefficient (Wildman–Crippen LogP) is 14.2. The molecule has 0 fully saturated rings. The molecule has 0 amide bonds. The molecule has 5 heteroatoms. The standard InChI is InChI=1S/C55H40N4S/c1-55(2)47-26-13-10-23-40(47)44-32-45-41-24-11-14-27-49(41)59(50(45)33-48(44)55)39-30-43(52-46(31-39)42-25-12-15-28-51(42)60-52)37-21-16-22-38(29-37)54(57-34-35-17-6-4-7-18-35)58-53(56-3)36-19-8-5-9-20-36/h4-33H,3,34H2,1-2H3/b57-54-,58-53-. The minimum absolute atomic E-state index is 0.121. The molecule has 286 valence electrons. The van der Waals surface area contributed by atoms with Crippen LogP contribution in [0.4, 0.5) is 0 Å². The van der Waals surface area contributed by atoms with Gasteiger partial charge in [0.2, 0.25) is 0 Å². The average Bonchev–Trinajstić information content (AvgIpc) is 3.91. The van der Waals surface area contributed by atoms with E-state index in [9.17, 15) is 0 Å². The average molecular weight is 789 g/mol. The first-order valence-corrected chi connectivity index (χ1v) is 21.2. The third-order valence-electron chi connectivity index (χ3n) is 12.2. The normalized spacial score (nSPS) is 13.6. The Morgan fingerprint density at radius 2 is 1.27 bits per heavy atom. The summed E-state index contributed by atoms with van der Waals surface area (Å²) < 4.78 is 5.00. The summed E-state index contributed by atoms with van der Waals surface area (Å²) in [5, 5.41) is 5.01. The second kappa shape index (κ2) is 14.3. The van der Waals surface area contributed by atoms with Gasteiger partial charge >= 0.3 is 0 Å². The van der Waals surface area contributed by atoms with Crippen LogP contribution in [0.5, 0.6) is 0 Å². The van der Waals surface area contributed by atoms with E-state index in [0.29, 0.717) is 18.2 Å². The number of benzene rings is 8. The zero-order valence-corrected chi connectivity index (χ0v) is 34.2. The number of aliphatic imine (C=N–C) groups is 3. The molecule has 0 bridgehead atoms. The molecule has 0 atom stereocenters. The molecular formula is C55H40N4S. The van der Waals surface area contributed by atoms with Gasteiger partial charge in [-0.25, -0.2) is 9.98 Å². The van der Waals surface area contributed by atoms with Gasteiger partial charge in [-0.05, 0) is 82.6 Å². The van der Waals surface area contributed by atoms with Crippen LogP contribution in [0.2, 0.25) is 0 Å². The maximum atomic E-state index is 5.13. The molecule has 10 aromatic rings. The lowest BCUT2D eigenvalue weighted by Gasteiger charge is -2.21. The third-order valence-corrected chi connectivity index (χ3v) is 13.4. The summed E-state index contributed by atoms with van der Waals surface area (Å²) in [6.07, 6.45) is 0. The zero-order valence-electron chi connectivity index (χ0n) is 33.4. The van der Waals surface area contributed by atoms with Crippen molar-refractivity contribution in [2.24, 2.45) is 15.0 Å². The fourth-order valence-electron chi connectivity index (χ4n) is 9.24. The summed E-state index contributed by atoms with van der Waals surface area (Å²) in [5.41, 5.74) is 14.0. The van der Waals surface area contributed by atoms with Gasteiger partial charge in [0.15, 0.2) is 11.7 Å². The Kier molecular flexibility index (Phi) is 8.54. The molecule has 0 unspecified atom stereocenters. The van der Waals surface area contributed by atoms with Crippen molar-refractivity contribution in [3.8, 4) is 27.9 Å². The summed E-state index contributed by atoms with van der Waals surface area (Å²) in [5.74, 6) is 1.14. The SMILES string of the molecule is C=N/C(=N\C(=N/Cc1ccccc1)c1cccc(-c2cc(-n3c4ccccc4c4cc5c(cc43)C(C)(C)c3ccccc3-5)cc3c2sc2ccccc23)c1)c1ccccc1. The molecule has 0 saturated heterocycles. The summed E-state index contributed by atoms with van der Waals surface area (Å²) in [4.78, 5) is 14.6. The van der Waals surface area contributed by atoms with E-state index in [4.69, 9.17) is 9.98 Å². The number of hydrogen-bond acceptors (Lipinski definition) is 2. The van der Waals surface area contributed by atoms with Crippen molar-refractivity contribution < 1.29 is 0 Å². The van der Waals surface area contributed by atoms with E-state index in [2.05, 4.69) is 164 Å². The Morgan fingerprint density at radius 3 is 2.10 bits per heavy atom. The minimum atomic E-state index is -0.121. The van der Waals surface area contributed by atoms with Gasteiger partial charge in [0.05, 0.1) is 17.6 Å². The molecule has 11 rings (SSSR count). The topological polar surface area (TPSA) is 42.0 Å². The Bertz CT molecular complexity index is 3380. The second-order valence-electron chi connectivity index (χ2n) is 16.1. The van der Waals surface area contributed by atoms with Crippen LogP contribution in [0, 0.1) is 0 Å². The molecular weight excluding hydrogens is 749 g/mol. The van der Waals surface area contributed by atoms with E-state index in [0.717, 1.165) is 27.9 Å². The van der Waals surface area contributed by atoms with Crippen LogP contribution in [0.1, 0.15) is 41.7 Å². The maximum Gasteiger partial charge on any atom is 0.161 e. The predicted molar refractivity (Wildman–Crippen MR) is 256 cm³/mol. The van der Waals surface area contributed by atoms with E-state index in [-0.39, 0.29) is 5.41 Å². The fourth-order valence-corrected chi connectivity index (χ4v) is 10.5. The molecule has 60 heavy (non-hydrogen) atoms. The molecule has 0 radical (unpaired) electrons. The van der Waals surface area contributed by atoms with Crippen molar-refractivity contribution in [3.63, 3.8) is 0 Å². The van der Waals surface area contributed by atoms with Crippen molar-refractivity contribution in [1.29, 1.82) is 0 Å². The first-order valence-electron chi connectivity index (χ1n) is 20.4. The number of thiophene rings is 1. The highest BCUT2D eigenvalue weighted by atomic mass is 32.1. The van der Waals surface area contributed by atoms with E-state index in [1.165, 1.54) is 69.8 Å². The van der Waals surface area contributed by atoms with Crippen LogP contribution in [0.3, 0.4) is 0 Å². The molecule has 1 aliphatic carbocycles. The van der Waals surface area contributed by atoms with Crippen molar-refractivity contribution >= 4 is 71.7 Å². The molecule has 0 saturated carbocycles. The lowest BCUT2D eigenvalue weighted by atomic mass is 9.82. The van der Waals surface area contributed by atoms with Crippen LogP contribution in [-0.4, -0.2) is 23.0 Å². The van der Waals surface area contributed by atoms with Gasteiger partial charge < -0.3 is 4.57 Å². The zero-order chi connectivity index (χ0) is 40.4. The highest BCUT2D eigenvalue weighted by Crippen LogP contribution is 2.51. The first-order chi connectivity index (χ1) is 29.5. The van der Waals surface area contributed by atoms with Gasteiger partial charge in [0.25, 0.3) is 0 Å². The number of nitrogens with zero attached hydrogens (tertiary/aromatic N) is 4.